The van der Waals surface area contributed by atoms with E-state index in [0.29, 0.717) is 5.92 Å². The van der Waals surface area contributed by atoms with E-state index in [4.69, 9.17) is 16.4 Å². The molecule has 0 radical (unpaired) electrons. The Labute approximate surface area is 145 Å². The van der Waals surface area contributed by atoms with Crippen molar-refractivity contribution in [1.29, 1.82) is 0 Å². The first-order valence-corrected chi connectivity index (χ1v) is 7.83. The number of anilines is 1. The minimum absolute atomic E-state index is 0.0428. The summed E-state index contributed by atoms with van der Waals surface area (Å²) >= 11 is 5.64. The van der Waals surface area contributed by atoms with Crippen LogP contribution in [0.15, 0.2) is 47.6 Å². The number of hydrogen-bond acceptors (Lipinski definition) is 3. The fraction of sp³-hybridized carbons (Fsp3) is 0.222. The SMILES string of the molecule is CC(C)c1ccc(/C=N\OCC(=O)Nc2ccc(Cl)cc2F)cc1. The van der Waals surface area contributed by atoms with Gasteiger partial charge < -0.3 is 10.2 Å². The summed E-state index contributed by atoms with van der Waals surface area (Å²) in [5, 5.41) is 6.38. The maximum absolute atomic E-state index is 13.5. The van der Waals surface area contributed by atoms with Gasteiger partial charge in [0.25, 0.3) is 5.91 Å². The van der Waals surface area contributed by atoms with Crippen molar-refractivity contribution >= 4 is 29.4 Å². The van der Waals surface area contributed by atoms with E-state index in [1.807, 2.05) is 24.3 Å². The Balaban J connectivity index is 1.81. The molecular weight excluding hydrogens is 331 g/mol. The van der Waals surface area contributed by atoms with Crippen LogP contribution < -0.4 is 5.32 Å². The van der Waals surface area contributed by atoms with Crippen LogP contribution in [0.25, 0.3) is 0 Å². The van der Waals surface area contributed by atoms with Crippen LogP contribution in [0.1, 0.15) is 30.9 Å². The lowest BCUT2D eigenvalue weighted by molar-refractivity contribution is -0.120. The van der Waals surface area contributed by atoms with Gasteiger partial charge in [-0.15, -0.1) is 0 Å². The first-order valence-electron chi connectivity index (χ1n) is 7.46. The number of amides is 1. The van der Waals surface area contributed by atoms with Crippen LogP contribution >= 0.6 is 11.6 Å². The highest BCUT2D eigenvalue weighted by molar-refractivity contribution is 6.30. The molecule has 0 saturated carbocycles. The number of carbonyl (C=O) groups is 1. The zero-order chi connectivity index (χ0) is 17.5. The van der Waals surface area contributed by atoms with E-state index in [1.165, 1.54) is 23.9 Å². The molecule has 0 fully saturated rings. The molecule has 0 aliphatic carbocycles. The van der Waals surface area contributed by atoms with Crippen LogP contribution in [0.5, 0.6) is 0 Å². The van der Waals surface area contributed by atoms with Gasteiger partial charge in [0.05, 0.1) is 11.9 Å². The van der Waals surface area contributed by atoms with E-state index in [-0.39, 0.29) is 17.3 Å². The summed E-state index contributed by atoms with van der Waals surface area (Å²) in [6.07, 6.45) is 1.51. The van der Waals surface area contributed by atoms with Crippen molar-refractivity contribution in [3.05, 3.63) is 64.4 Å². The second kappa shape index (κ2) is 8.45. The van der Waals surface area contributed by atoms with E-state index in [1.54, 1.807) is 0 Å². The standard InChI is InChI=1S/C18H18ClFN2O2/c1-12(2)14-5-3-13(4-6-14)10-21-24-11-18(23)22-17-8-7-15(19)9-16(17)20/h3-10,12H,11H2,1-2H3,(H,22,23)/b21-10-. The van der Waals surface area contributed by atoms with Crippen LogP contribution in [-0.2, 0) is 9.63 Å². The number of oxime groups is 1. The molecular formula is C18H18ClFN2O2. The van der Waals surface area contributed by atoms with E-state index in [0.717, 1.165) is 11.6 Å². The predicted octanol–water partition coefficient (Wildman–Crippen LogP) is 4.59. The van der Waals surface area contributed by atoms with Crippen LogP contribution in [0.2, 0.25) is 5.02 Å². The second-order valence-electron chi connectivity index (χ2n) is 5.50. The minimum atomic E-state index is -0.607. The molecule has 0 heterocycles. The molecule has 2 rings (SSSR count). The van der Waals surface area contributed by atoms with Crippen molar-refractivity contribution in [2.45, 2.75) is 19.8 Å². The van der Waals surface area contributed by atoms with Gasteiger partial charge in [-0.2, -0.15) is 0 Å². The summed E-state index contributed by atoms with van der Waals surface area (Å²) in [7, 11) is 0. The minimum Gasteiger partial charge on any atom is -0.386 e. The third kappa shape index (κ3) is 5.35. The Hall–Kier alpha value is -2.40. The normalized spacial score (nSPS) is 11.0. The highest BCUT2D eigenvalue weighted by Crippen LogP contribution is 2.18. The number of nitrogens with one attached hydrogen (secondary N) is 1. The maximum Gasteiger partial charge on any atom is 0.265 e. The van der Waals surface area contributed by atoms with Gasteiger partial charge in [0.1, 0.15) is 5.82 Å². The lowest BCUT2D eigenvalue weighted by Gasteiger charge is -2.06. The molecule has 0 bridgehead atoms. The van der Waals surface area contributed by atoms with Crippen molar-refractivity contribution in [3.63, 3.8) is 0 Å². The van der Waals surface area contributed by atoms with E-state index < -0.39 is 11.7 Å². The van der Waals surface area contributed by atoms with Crippen LogP contribution in [0.4, 0.5) is 10.1 Å². The number of halogens is 2. The molecule has 0 unspecified atom stereocenters. The van der Waals surface area contributed by atoms with Crippen molar-refractivity contribution in [1.82, 2.24) is 0 Å². The smallest absolute Gasteiger partial charge is 0.265 e. The zero-order valence-electron chi connectivity index (χ0n) is 13.4. The Morgan fingerprint density at radius 1 is 1.29 bits per heavy atom. The van der Waals surface area contributed by atoms with Gasteiger partial charge in [-0.05, 0) is 35.2 Å². The van der Waals surface area contributed by atoms with Gasteiger partial charge in [-0.25, -0.2) is 4.39 Å². The van der Waals surface area contributed by atoms with Gasteiger partial charge in [0.15, 0.2) is 6.61 Å². The summed E-state index contributed by atoms with van der Waals surface area (Å²) in [5.74, 6) is -0.655. The third-order valence-corrected chi connectivity index (χ3v) is 3.52. The lowest BCUT2D eigenvalue weighted by atomic mass is 10.0. The van der Waals surface area contributed by atoms with Crippen LogP contribution in [0.3, 0.4) is 0 Å². The van der Waals surface area contributed by atoms with E-state index in [2.05, 4.69) is 24.3 Å². The Bertz CT molecular complexity index is 730. The van der Waals surface area contributed by atoms with Crippen molar-refractivity contribution in [2.75, 3.05) is 11.9 Å². The summed E-state index contributed by atoms with van der Waals surface area (Å²) in [4.78, 5) is 16.6. The van der Waals surface area contributed by atoms with Gasteiger partial charge >= 0.3 is 0 Å². The molecule has 0 spiro atoms. The number of carbonyl (C=O) groups excluding carboxylic acids is 1. The molecule has 2 aromatic rings. The van der Waals surface area contributed by atoms with Crippen molar-refractivity contribution in [3.8, 4) is 0 Å². The highest BCUT2D eigenvalue weighted by Gasteiger charge is 2.07. The molecule has 0 aliphatic heterocycles. The summed E-state index contributed by atoms with van der Waals surface area (Å²) in [6, 6.07) is 11.9. The summed E-state index contributed by atoms with van der Waals surface area (Å²) in [5.41, 5.74) is 2.14. The monoisotopic (exact) mass is 348 g/mol. The predicted molar refractivity (Wildman–Crippen MR) is 94.1 cm³/mol. The molecule has 1 amide bonds. The zero-order valence-corrected chi connectivity index (χ0v) is 14.2. The maximum atomic E-state index is 13.5. The largest absolute Gasteiger partial charge is 0.386 e. The number of rotatable bonds is 6. The average Bonchev–Trinajstić information content (AvgIpc) is 2.55. The molecule has 0 aromatic heterocycles. The molecule has 2 aromatic carbocycles. The van der Waals surface area contributed by atoms with Gasteiger partial charge in [0, 0.05) is 5.02 Å². The molecule has 6 heteroatoms. The van der Waals surface area contributed by atoms with Crippen molar-refractivity contribution < 1.29 is 14.0 Å². The first-order chi connectivity index (χ1) is 11.5. The lowest BCUT2D eigenvalue weighted by Crippen LogP contribution is -2.17. The fourth-order valence-electron chi connectivity index (χ4n) is 1.94. The van der Waals surface area contributed by atoms with Gasteiger partial charge in [0.2, 0.25) is 0 Å². The molecule has 4 nitrogen and oxygen atoms in total. The highest BCUT2D eigenvalue weighted by atomic mass is 35.5. The molecule has 0 saturated heterocycles. The Morgan fingerprint density at radius 2 is 2.00 bits per heavy atom. The Morgan fingerprint density at radius 3 is 2.62 bits per heavy atom. The first kappa shape index (κ1) is 17.9. The topological polar surface area (TPSA) is 50.7 Å². The molecule has 24 heavy (non-hydrogen) atoms. The number of benzene rings is 2. The summed E-state index contributed by atoms with van der Waals surface area (Å²) in [6.45, 7) is 3.92. The van der Waals surface area contributed by atoms with Crippen LogP contribution in [0, 0.1) is 5.82 Å². The molecule has 0 atom stereocenters. The van der Waals surface area contributed by atoms with E-state index in [9.17, 15) is 9.18 Å². The second-order valence-corrected chi connectivity index (χ2v) is 5.94. The van der Waals surface area contributed by atoms with Crippen LogP contribution in [-0.4, -0.2) is 18.7 Å². The summed E-state index contributed by atoms with van der Waals surface area (Å²) < 4.78 is 13.5. The van der Waals surface area contributed by atoms with E-state index >= 15 is 0 Å². The average molecular weight is 349 g/mol. The quantitative estimate of drug-likeness (QED) is 0.613. The molecule has 1 N–H and O–H groups in total. The molecule has 0 aliphatic rings. The third-order valence-electron chi connectivity index (χ3n) is 3.28. The molecule has 126 valence electrons. The Kier molecular flexibility index (Phi) is 6.32. The fourth-order valence-corrected chi connectivity index (χ4v) is 2.10. The van der Waals surface area contributed by atoms with Gasteiger partial charge in [-0.3, -0.25) is 4.79 Å². The number of hydrogen-bond donors (Lipinski definition) is 1. The number of nitrogens with zero attached hydrogens (tertiary/aromatic N) is 1. The van der Waals surface area contributed by atoms with Gasteiger partial charge in [-0.1, -0.05) is 54.9 Å². The van der Waals surface area contributed by atoms with Crippen molar-refractivity contribution in [2.24, 2.45) is 5.16 Å².